The van der Waals surface area contributed by atoms with Crippen LogP contribution in [0.2, 0.25) is 0 Å². The zero-order valence-corrected chi connectivity index (χ0v) is 12.2. The summed E-state index contributed by atoms with van der Waals surface area (Å²) in [6.45, 7) is 2.74. The number of carbonyl (C=O) groups is 1. The Labute approximate surface area is 121 Å². The largest absolute Gasteiger partial charge is 0.462 e. The summed E-state index contributed by atoms with van der Waals surface area (Å²) in [5, 5.41) is 0. The maximum absolute atomic E-state index is 13.9. The highest BCUT2D eigenvalue weighted by atomic mass is 32.2. The summed E-state index contributed by atoms with van der Waals surface area (Å²) in [5.74, 6) is -0.272. The Kier molecular flexibility index (Phi) is 5.25. The summed E-state index contributed by atoms with van der Waals surface area (Å²) in [4.78, 5) is 12.1. The Morgan fingerprint density at radius 2 is 2.40 bits per heavy atom. The van der Waals surface area contributed by atoms with Crippen molar-refractivity contribution in [1.29, 1.82) is 0 Å². The van der Waals surface area contributed by atoms with E-state index in [1.165, 1.54) is 23.9 Å². The first kappa shape index (κ1) is 15.1. The van der Waals surface area contributed by atoms with Gasteiger partial charge in [0.1, 0.15) is 5.82 Å². The Balaban J connectivity index is 2.10. The van der Waals surface area contributed by atoms with Gasteiger partial charge in [0.15, 0.2) is 0 Å². The summed E-state index contributed by atoms with van der Waals surface area (Å²) >= 11 is 1.34. The molecule has 1 atom stereocenters. The molecule has 1 unspecified atom stereocenters. The van der Waals surface area contributed by atoms with Crippen molar-refractivity contribution < 1.29 is 18.7 Å². The van der Waals surface area contributed by atoms with Crippen molar-refractivity contribution in [2.24, 2.45) is 0 Å². The van der Waals surface area contributed by atoms with E-state index in [0.29, 0.717) is 10.6 Å². The minimum Gasteiger partial charge on any atom is -0.462 e. The molecule has 4 nitrogen and oxygen atoms in total. The van der Waals surface area contributed by atoms with Crippen LogP contribution in [0.3, 0.4) is 0 Å². The molecule has 2 rings (SSSR count). The predicted molar refractivity (Wildman–Crippen MR) is 76.5 cm³/mol. The van der Waals surface area contributed by atoms with Gasteiger partial charge in [-0.15, -0.1) is 11.8 Å². The highest BCUT2D eigenvalue weighted by Crippen LogP contribution is 2.29. The molecule has 1 aliphatic rings. The molecule has 1 aliphatic heterocycles. The predicted octanol–water partition coefficient (Wildman–Crippen LogP) is 2.86. The SMILES string of the molecule is CCOC(=O)c1cc(SCC2CCCO2)c(F)cc1N. The number of thioether (sulfide) groups is 1. The van der Waals surface area contributed by atoms with Crippen molar-refractivity contribution in [1.82, 2.24) is 0 Å². The summed E-state index contributed by atoms with van der Waals surface area (Å²) in [6.07, 6.45) is 2.20. The number of hydrogen-bond acceptors (Lipinski definition) is 5. The highest BCUT2D eigenvalue weighted by molar-refractivity contribution is 7.99. The van der Waals surface area contributed by atoms with Gasteiger partial charge in [0, 0.05) is 22.9 Å². The van der Waals surface area contributed by atoms with Gasteiger partial charge >= 0.3 is 5.97 Å². The van der Waals surface area contributed by atoms with Crippen LogP contribution in [0.5, 0.6) is 0 Å². The summed E-state index contributed by atoms with van der Waals surface area (Å²) in [7, 11) is 0. The molecular weight excluding hydrogens is 281 g/mol. The van der Waals surface area contributed by atoms with Crippen molar-refractivity contribution in [3.8, 4) is 0 Å². The lowest BCUT2D eigenvalue weighted by molar-refractivity contribution is 0.0527. The van der Waals surface area contributed by atoms with Crippen LogP contribution in [0, 0.1) is 5.82 Å². The number of esters is 1. The molecule has 20 heavy (non-hydrogen) atoms. The lowest BCUT2D eigenvalue weighted by Gasteiger charge is -2.11. The lowest BCUT2D eigenvalue weighted by atomic mass is 10.2. The van der Waals surface area contributed by atoms with E-state index >= 15 is 0 Å². The standard InChI is InChI=1S/C14H18FNO3S/c1-2-18-14(17)10-6-13(11(15)7-12(10)16)20-8-9-4-3-5-19-9/h6-7,9H,2-5,8,16H2,1H3. The van der Waals surface area contributed by atoms with Gasteiger partial charge in [-0.05, 0) is 31.9 Å². The minimum absolute atomic E-state index is 0.0995. The smallest absolute Gasteiger partial charge is 0.340 e. The second kappa shape index (κ2) is 6.95. The van der Waals surface area contributed by atoms with Crippen molar-refractivity contribution in [3.05, 3.63) is 23.5 Å². The molecule has 2 N–H and O–H groups in total. The second-order valence-corrected chi connectivity index (χ2v) is 5.60. The zero-order valence-electron chi connectivity index (χ0n) is 11.4. The number of ether oxygens (including phenoxy) is 2. The molecule has 0 radical (unpaired) electrons. The average molecular weight is 299 g/mol. The molecule has 0 aliphatic carbocycles. The molecule has 6 heteroatoms. The average Bonchev–Trinajstić information content (AvgIpc) is 2.91. The van der Waals surface area contributed by atoms with Gasteiger partial charge in [-0.3, -0.25) is 0 Å². The number of nitrogens with two attached hydrogens (primary N) is 1. The Morgan fingerprint density at radius 3 is 3.05 bits per heavy atom. The molecule has 1 saturated heterocycles. The fourth-order valence-electron chi connectivity index (χ4n) is 2.02. The fourth-order valence-corrected chi connectivity index (χ4v) is 3.05. The normalized spacial score (nSPS) is 18.2. The number of hydrogen-bond donors (Lipinski definition) is 1. The maximum atomic E-state index is 13.9. The fraction of sp³-hybridized carbons (Fsp3) is 0.500. The molecule has 110 valence electrons. The Morgan fingerprint density at radius 1 is 1.60 bits per heavy atom. The number of carbonyl (C=O) groups excluding carboxylic acids is 1. The van der Waals surface area contributed by atoms with E-state index in [1.807, 2.05) is 0 Å². The van der Waals surface area contributed by atoms with Crippen molar-refractivity contribution in [3.63, 3.8) is 0 Å². The first-order valence-corrected chi connectivity index (χ1v) is 7.61. The van der Waals surface area contributed by atoms with Gasteiger partial charge in [0.2, 0.25) is 0 Å². The molecule has 0 bridgehead atoms. The highest BCUT2D eigenvalue weighted by Gasteiger charge is 2.19. The Bertz CT molecular complexity index is 490. The topological polar surface area (TPSA) is 61.5 Å². The van der Waals surface area contributed by atoms with Crippen LogP contribution in [0.4, 0.5) is 10.1 Å². The Hall–Kier alpha value is -1.27. The summed E-state index contributed by atoms with van der Waals surface area (Å²) in [6, 6.07) is 2.63. The van der Waals surface area contributed by atoms with E-state index in [0.717, 1.165) is 19.4 Å². The van der Waals surface area contributed by atoms with Gasteiger partial charge in [-0.2, -0.15) is 0 Å². The van der Waals surface area contributed by atoms with Gasteiger partial charge in [-0.1, -0.05) is 0 Å². The van der Waals surface area contributed by atoms with E-state index in [4.69, 9.17) is 15.2 Å². The van der Waals surface area contributed by atoms with Crippen LogP contribution < -0.4 is 5.73 Å². The monoisotopic (exact) mass is 299 g/mol. The van der Waals surface area contributed by atoms with E-state index in [1.54, 1.807) is 6.92 Å². The van der Waals surface area contributed by atoms with Crippen LogP contribution in [0.15, 0.2) is 17.0 Å². The third kappa shape index (κ3) is 3.64. The van der Waals surface area contributed by atoms with E-state index < -0.39 is 11.8 Å². The molecule has 1 heterocycles. The van der Waals surface area contributed by atoms with Crippen LogP contribution >= 0.6 is 11.8 Å². The molecule has 1 aromatic carbocycles. The second-order valence-electron chi connectivity index (χ2n) is 4.54. The number of benzene rings is 1. The lowest BCUT2D eigenvalue weighted by Crippen LogP contribution is -2.10. The number of anilines is 1. The van der Waals surface area contributed by atoms with E-state index in [9.17, 15) is 9.18 Å². The molecule has 1 fully saturated rings. The van der Waals surface area contributed by atoms with Gasteiger partial charge in [0.25, 0.3) is 0 Å². The van der Waals surface area contributed by atoms with Crippen molar-refractivity contribution >= 4 is 23.4 Å². The molecule has 0 spiro atoms. The molecule has 1 aromatic rings. The number of halogens is 1. The van der Waals surface area contributed by atoms with Gasteiger partial charge in [-0.25, -0.2) is 9.18 Å². The van der Waals surface area contributed by atoms with Crippen LogP contribution in [-0.4, -0.2) is 31.0 Å². The van der Waals surface area contributed by atoms with Gasteiger partial charge in [0.05, 0.1) is 18.3 Å². The van der Waals surface area contributed by atoms with Crippen molar-refractivity contribution in [2.45, 2.75) is 30.8 Å². The third-order valence-electron chi connectivity index (χ3n) is 3.05. The summed E-state index contributed by atoms with van der Waals surface area (Å²) in [5.41, 5.74) is 5.98. The first-order valence-electron chi connectivity index (χ1n) is 6.62. The molecule has 0 saturated carbocycles. The third-order valence-corrected chi connectivity index (χ3v) is 4.21. The molecule has 0 aromatic heterocycles. The quantitative estimate of drug-likeness (QED) is 0.514. The zero-order chi connectivity index (χ0) is 14.5. The van der Waals surface area contributed by atoms with Crippen LogP contribution in [0.1, 0.15) is 30.1 Å². The molecule has 0 amide bonds. The van der Waals surface area contributed by atoms with E-state index in [2.05, 4.69) is 0 Å². The first-order chi connectivity index (χ1) is 9.61. The van der Waals surface area contributed by atoms with Crippen LogP contribution in [0.25, 0.3) is 0 Å². The molecular formula is C14H18FNO3S. The van der Waals surface area contributed by atoms with Crippen LogP contribution in [-0.2, 0) is 9.47 Å². The van der Waals surface area contributed by atoms with Crippen molar-refractivity contribution in [2.75, 3.05) is 24.7 Å². The maximum Gasteiger partial charge on any atom is 0.340 e. The van der Waals surface area contributed by atoms with E-state index in [-0.39, 0.29) is 24.0 Å². The number of nitrogen functional groups attached to an aromatic ring is 1. The van der Waals surface area contributed by atoms with Gasteiger partial charge < -0.3 is 15.2 Å². The number of rotatable bonds is 5. The minimum atomic E-state index is -0.524. The summed E-state index contributed by atoms with van der Waals surface area (Å²) < 4.78 is 24.3.